The van der Waals surface area contributed by atoms with Crippen LogP contribution >= 0.6 is 0 Å². The Morgan fingerprint density at radius 1 is 0.816 bits per heavy atom. The Labute approximate surface area is 220 Å². The van der Waals surface area contributed by atoms with Gasteiger partial charge in [-0.05, 0) is 65.6 Å². The van der Waals surface area contributed by atoms with Gasteiger partial charge in [0.05, 0.1) is 5.71 Å². The van der Waals surface area contributed by atoms with Crippen molar-refractivity contribution in [1.82, 2.24) is 0 Å². The number of nitrogens with zero attached hydrogens (tertiary/aromatic N) is 1. The summed E-state index contributed by atoms with van der Waals surface area (Å²) in [6.45, 7) is 2.46. The molecule has 0 radical (unpaired) electrons. The molecule has 7 heteroatoms. The summed E-state index contributed by atoms with van der Waals surface area (Å²) >= 11 is 0. The molecule has 6 nitrogen and oxygen atoms in total. The van der Waals surface area contributed by atoms with E-state index in [9.17, 15) is 14.3 Å². The summed E-state index contributed by atoms with van der Waals surface area (Å²) in [7, 11) is 0. The minimum absolute atomic E-state index is 0.149. The SMILES string of the molecule is C/C(=N\OCCOc1ccc(CC(Oc2ccc(F)cc2)C(=O)O)cc1)c1ccc(-c2ccccc2)cc1. The molecule has 0 saturated carbocycles. The molecule has 194 valence electrons. The number of benzene rings is 4. The van der Waals surface area contributed by atoms with Crippen molar-refractivity contribution in [2.45, 2.75) is 19.4 Å². The molecule has 4 aromatic rings. The van der Waals surface area contributed by atoms with Crippen LogP contribution in [-0.2, 0) is 16.1 Å². The first-order valence-electron chi connectivity index (χ1n) is 12.2. The van der Waals surface area contributed by atoms with E-state index in [0.29, 0.717) is 18.1 Å². The number of hydrogen-bond donors (Lipinski definition) is 1. The number of carboxylic acids is 1. The number of ether oxygens (including phenoxy) is 2. The Morgan fingerprint density at radius 3 is 2.11 bits per heavy atom. The van der Waals surface area contributed by atoms with Gasteiger partial charge in [0.25, 0.3) is 0 Å². The van der Waals surface area contributed by atoms with Crippen LogP contribution in [0.25, 0.3) is 11.1 Å². The number of oxime groups is 1. The van der Waals surface area contributed by atoms with Crippen LogP contribution in [0.2, 0.25) is 0 Å². The molecular weight excluding hydrogens is 485 g/mol. The summed E-state index contributed by atoms with van der Waals surface area (Å²) in [5.41, 5.74) is 4.81. The third kappa shape index (κ3) is 7.67. The number of aliphatic carboxylic acids is 1. The second kappa shape index (κ2) is 13.1. The minimum atomic E-state index is -1.10. The molecule has 0 fully saturated rings. The molecule has 0 aliphatic rings. The van der Waals surface area contributed by atoms with Crippen LogP contribution in [0.15, 0.2) is 108 Å². The van der Waals surface area contributed by atoms with E-state index >= 15 is 0 Å². The lowest BCUT2D eigenvalue weighted by Gasteiger charge is -2.15. The molecular formula is C31H28FNO5. The summed E-state index contributed by atoms with van der Waals surface area (Å²) in [5.74, 6) is -0.600. The van der Waals surface area contributed by atoms with Gasteiger partial charge in [-0.25, -0.2) is 9.18 Å². The zero-order valence-electron chi connectivity index (χ0n) is 20.9. The Morgan fingerprint density at radius 2 is 1.45 bits per heavy atom. The van der Waals surface area contributed by atoms with Crippen molar-refractivity contribution in [3.63, 3.8) is 0 Å². The van der Waals surface area contributed by atoms with E-state index in [-0.39, 0.29) is 13.0 Å². The first-order valence-corrected chi connectivity index (χ1v) is 12.2. The molecule has 0 spiro atoms. The Balaban J connectivity index is 1.21. The fourth-order valence-electron chi connectivity index (χ4n) is 3.72. The molecule has 0 heterocycles. The number of hydrogen-bond acceptors (Lipinski definition) is 5. The maximum absolute atomic E-state index is 13.1. The molecule has 38 heavy (non-hydrogen) atoms. The second-order valence-corrected chi connectivity index (χ2v) is 8.55. The van der Waals surface area contributed by atoms with E-state index in [1.54, 1.807) is 24.3 Å². The molecule has 1 N–H and O–H groups in total. The molecule has 0 bridgehead atoms. The van der Waals surface area contributed by atoms with Crippen molar-refractivity contribution in [3.8, 4) is 22.6 Å². The fraction of sp³-hybridized carbons (Fsp3) is 0.161. The lowest BCUT2D eigenvalue weighted by molar-refractivity contribution is -0.145. The van der Waals surface area contributed by atoms with Crippen molar-refractivity contribution in [2.75, 3.05) is 13.2 Å². The maximum atomic E-state index is 13.1. The van der Waals surface area contributed by atoms with Crippen LogP contribution in [0.5, 0.6) is 11.5 Å². The molecule has 4 aromatic carbocycles. The highest BCUT2D eigenvalue weighted by atomic mass is 19.1. The van der Waals surface area contributed by atoms with Crippen molar-refractivity contribution in [1.29, 1.82) is 0 Å². The van der Waals surface area contributed by atoms with Gasteiger partial charge in [0.15, 0.2) is 12.7 Å². The molecule has 0 aliphatic heterocycles. The van der Waals surface area contributed by atoms with Crippen molar-refractivity contribution in [2.24, 2.45) is 5.16 Å². The molecule has 0 saturated heterocycles. The van der Waals surface area contributed by atoms with Crippen LogP contribution in [0.4, 0.5) is 4.39 Å². The number of carbonyl (C=O) groups is 1. The van der Waals surface area contributed by atoms with Crippen LogP contribution in [-0.4, -0.2) is 36.1 Å². The average molecular weight is 514 g/mol. The Hall–Kier alpha value is -4.65. The Bertz CT molecular complexity index is 1340. The van der Waals surface area contributed by atoms with Gasteiger partial charge < -0.3 is 19.4 Å². The highest BCUT2D eigenvalue weighted by Crippen LogP contribution is 2.20. The summed E-state index contributed by atoms with van der Waals surface area (Å²) in [5, 5.41) is 13.7. The third-order valence-corrected chi connectivity index (χ3v) is 5.77. The van der Waals surface area contributed by atoms with Crippen LogP contribution in [0.1, 0.15) is 18.1 Å². The zero-order chi connectivity index (χ0) is 26.7. The molecule has 1 atom stereocenters. The van der Waals surface area contributed by atoms with Crippen LogP contribution in [0, 0.1) is 5.82 Å². The normalized spacial score (nSPS) is 12.0. The highest BCUT2D eigenvalue weighted by Gasteiger charge is 2.20. The van der Waals surface area contributed by atoms with Gasteiger partial charge in [-0.3, -0.25) is 0 Å². The van der Waals surface area contributed by atoms with Gasteiger partial charge in [-0.2, -0.15) is 0 Å². The van der Waals surface area contributed by atoms with Gasteiger partial charge in [-0.1, -0.05) is 71.9 Å². The molecule has 0 aliphatic carbocycles. The first-order chi connectivity index (χ1) is 18.5. The summed E-state index contributed by atoms with van der Waals surface area (Å²) in [4.78, 5) is 17.0. The summed E-state index contributed by atoms with van der Waals surface area (Å²) in [6, 6.07) is 30.6. The summed E-state index contributed by atoms with van der Waals surface area (Å²) in [6.07, 6.45) is -0.951. The average Bonchev–Trinajstić information content (AvgIpc) is 2.95. The van der Waals surface area contributed by atoms with Gasteiger partial charge in [0, 0.05) is 6.42 Å². The number of halogens is 1. The largest absolute Gasteiger partial charge is 0.490 e. The number of rotatable bonds is 12. The van der Waals surface area contributed by atoms with E-state index < -0.39 is 17.9 Å². The number of carboxylic acid groups (broad SMARTS) is 1. The quantitative estimate of drug-likeness (QED) is 0.135. The lowest BCUT2D eigenvalue weighted by atomic mass is 10.0. The van der Waals surface area contributed by atoms with Gasteiger partial charge >= 0.3 is 5.97 Å². The molecule has 1 unspecified atom stereocenters. The summed E-state index contributed by atoms with van der Waals surface area (Å²) < 4.78 is 24.3. The van der Waals surface area contributed by atoms with Gasteiger partial charge in [-0.15, -0.1) is 0 Å². The topological polar surface area (TPSA) is 77.3 Å². The smallest absolute Gasteiger partial charge is 0.345 e. The van der Waals surface area contributed by atoms with Crippen LogP contribution < -0.4 is 9.47 Å². The van der Waals surface area contributed by atoms with E-state index in [4.69, 9.17) is 14.3 Å². The lowest BCUT2D eigenvalue weighted by Crippen LogP contribution is -2.29. The third-order valence-electron chi connectivity index (χ3n) is 5.77. The van der Waals surface area contributed by atoms with Crippen molar-refractivity contribution < 1.29 is 28.6 Å². The Kier molecular flexibility index (Phi) is 9.07. The highest BCUT2D eigenvalue weighted by molar-refractivity contribution is 5.98. The molecule has 0 aromatic heterocycles. The predicted molar refractivity (Wildman–Crippen MR) is 144 cm³/mol. The van der Waals surface area contributed by atoms with Gasteiger partial charge in [0.1, 0.15) is 23.9 Å². The predicted octanol–water partition coefficient (Wildman–Crippen LogP) is 6.39. The van der Waals surface area contributed by atoms with E-state index in [1.165, 1.54) is 24.3 Å². The fourth-order valence-corrected chi connectivity index (χ4v) is 3.72. The second-order valence-electron chi connectivity index (χ2n) is 8.55. The monoisotopic (exact) mass is 513 g/mol. The van der Waals surface area contributed by atoms with E-state index in [0.717, 1.165) is 28.0 Å². The standard InChI is InChI=1S/C31H28FNO5/c1-22(24-9-11-26(12-10-24)25-5-3-2-4-6-25)33-37-20-19-36-28-15-7-23(8-16-28)21-30(31(34)35)38-29-17-13-27(32)14-18-29/h2-18,30H,19-21H2,1H3,(H,34,35)/b33-22+. The van der Waals surface area contributed by atoms with E-state index in [2.05, 4.69) is 29.4 Å². The van der Waals surface area contributed by atoms with Crippen molar-refractivity contribution in [3.05, 3.63) is 120 Å². The zero-order valence-corrected chi connectivity index (χ0v) is 20.9. The van der Waals surface area contributed by atoms with Crippen molar-refractivity contribution >= 4 is 11.7 Å². The van der Waals surface area contributed by atoms with Gasteiger partial charge in [0.2, 0.25) is 0 Å². The first kappa shape index (κ1) is 26.4. The van der Waals surface area contributed by atoms with E-state index in [1.807, 2.05) is 37.3 Å². The van der Waals surface area contributed by atoms with Crippen LogP contribution in [0.3, 0.4) is 0 Å². The maximum Gasteiger partial charge on any atom is 0.345 e. The minimum Gasteiger partial charge on any atom is -0.490 e. The molecule has 0 amide bonds. The molecule has 4 rings (SSSR count).